The summed E-state index contributed by atoms with van der Waals surface area (Å²) in [6.07, 6.45) is 4.52. The maximum absolute atomic E-state index is 6.59. The van der Waals surface area contributed by atoms with Gasteiger partial charge in [0.2, 0.25) is 0 Å². The molecule has 1 aliphatic heterocycles. The Bertz CT molecular complexity index is 2990. The van der Waals surface area contributed by atoms with Crippen LogP contribution in [0.2, 0.25) is 0 Å². The molecule has 7 heteroatoms. The quantitative estimate of drug-likeness (QED) is 0.102. The van der Waals surface area contributed by atoms with E-state index < -0.39 is 0 Å². The molecule has 10 aromatic rings. The predicted octanol–water partition coefficient (Wildman–Crippen LogP) is 10.2. The van der Waals surface area contributed by atoms with Crippen molar-refractivity contribution in [3.8, 4) is 39.7 Å². The summed E-state index contributed by atoms with van der Waals surface area (Å²) in [4.78, 5) is 15.0. The summed E-state index contributed by atoms with van der Waals surface area (Å²) < 4.78 is 11.0. The molecule has 0 saturated heterocycles. The van der Waals surface area contributed by atoms with E-state index in [2.05, 4.69) is 100.0 Å². The van der Waals surface area contributed by atoms with Crippen molar-refractivity contribution in [1.29, 1.82) is 0 Å². The van der Waals surface area contributed by atoms with Gasteiger partial charge in [0.15, 0.2) is 0 Å². The van der Waals surface area contributed by atoms with E-state index in [1.807, 2.05) is 60.9 Å². The Morgan fingerprint density at radius 2 is 1.24 bits per heavy atom. The molecule has 0 fully saturated rings. The summed E-state index contributed by atoms with van der Waals surface area (Å²) in [5, 5.41) is 5.22. The van der Waals surface area contributed by atoms with Crippen molar-refractivity contribution < 1.29 is 25.2 Å². The van der Waals surface area contributed by atoms with E-state index in [9.17, 15) is 0 Å². The number of imidazole rings is 1. The molecule has 0 unspecified atom stereocenters. The normalized spacial score (nSPS) is 12.1. The monoisotopic (exact) mass is 745 g/mol. The number of fused-ring (bicyclic) bond motifs is 11. The molecule has 6 nitrogen and oxygen atoms in total. The fraction of sp³-hybridized carbons (Fsp3) is 0.0227. The molecule has 11 rings (SSSR count). The van der Waals surface area contributed by atoms with Crippen LogP contribution in [0.5, 0.6) is 11.5 Å². The second-order valence-corrected chi connectivity index (χ2v) is 12.7. The Balaban J connectivity index is 0.00000327. The Morgan fingerprint density at radius 1 is 0.549 bits per heavy atom. The molecule has 51 heavy (non-hydrogen) atoms. The SMILES string of the molecule is [Pd+2].[c-]1c(Oc2[c-]c3c(cc2)c2cccnc2n2c(-c4ccccc4)c(-c4ccccc4)nc32)ccc2c1-n1c3ncccc3c3cccc(c31)C2. The predicted molar refractivity (Wildman–Crippen MR) is 198 cm³/mol. The minimum Gasteiger partial charge on any atom is -0.503 e. The first-order valence-corrected chi connectivity index (χ1v) is 16.7. The van der Waals surface area contributed by atoms with E-state index in [1.54, 1.807) is 0 Å². The van der Waals surface area contributed by atoms with Crippen molar-refractivity contribution in [2.24, 2.45) is 0 Å². The molecule has 0 bridgehead atoms. The number of aromatic nitrogens is 5. The summed E-state index contributed by atoms with van der Waals surface area (Å²) in [6, 6.07) is 50.9. The number of hydrogen-bond donors (Lipinski definition) is 0. The largest absolute Gasteiger partial charge is 2.00 e. The maximum atomic E-state index is 6.59. The van der Waals surface area contributed by atoms with Crippen molar-refractivity contribution >= 4 is 49.4 Å². The van der Waals surface area contributed by atoms with Crippen LogP contribution in [0.3, 0.4) is 0 Å². The third-order valence-electron chi connectivity index (χ3n) is 9.84. The van der Waals surface area contributed by atoms with Gasteiger partial charge in [0, 0.05) is 45.8 Å². The first-order valence-electron chi connectivity index (χ1n) is 16.7. The van der Waals surface area contributed by atoms with Crippen molar-refractivity contribution in [3.63, 3.8) is 0 Å². The molecule has 0 spiro atoms. The van der Waals surface area contributed by atoms with Crippen LogP contribution in [0, 0.1) is 12.1 Å². The third-order valence-corrected chi connectivity index (χ3v) is 9.84. The standard InChI is InChI=1S/C44H25N5O.Pd/c1-3-10-27(11-4-1)39-41(28-12-5-2-6-13-28)49-43-35(16-8-23-46-43)33-21-20-31(25-37(33)44(49)47-39)50-32-19-18-29-24-30-14-7-15-34-36-17-9-22-45-42(36)48(40(30)34)38(29)26-32;/h1-23H,24H2;/q-2;+2. The van der Waals surface area contributed by atoms with Gasteiger partial charge in [0.25, 0.3) is 0 Å². The van der Waals surface area contributed by atoms with Crippen LogP contribution in [0.4, 0.5) is 0 Å². The van der Waals surface area contributed by atoms with E-state index in [0.717, 1.165) is 73.1 Å². The fourth-order valence-corrected chi connectivity index (χ4v) is 7.72. The van der Waals surface area contributed by atoms with E-state index >= 15 is 0 Å². The van der Waals surface area contributed by atoms with E-state index in [0.29, 0.717) is 11.5 Å². The van der Waals surface area contributed by atoms with Gasteiger partial charge in [-0.3, -0.25) is 4.98 Å². The van der Waals surface area contributed by atoms with Crippen LogP contribution in [0.15, 0.2) is 140 Å². The first kappa shape index (κ1) is 29.8. The molecular formula is C44H25N5OPd. The van der Waals surface area contributed by atoms with Crippen molar-refractivity contribution in [2.45, 2.75) is 6.42 Å². The van der Waals surface area contributed by atoms with Gasteiger partial charge in [0.1, 0.15) is 11.3 Å². The number of hydrogen-bond acceptors (Lipinski definition) is 4. The zero-order valence-corrected chi connectivity index (χ0v) is 28.5. The second-order valence-electron chi connectivity index (χ2n) is 12.7. The van der Waals surface area contributed by atoms with Crippen molar-refractivity contribution in [3.05, 3.63) is 163 Å². The molecule has 6 heterocycles. The van der Waals surface area contributed by atoms with Crippen LogP contribution in [-0.2, 0) is 26.8 Å². The van der Waals surface area contributed by atoms with Crippen molar-refractivity contribution in [1.82, 2.24) is 23.9 Å². The van der Waals surface area contributed by atoms with Crippen LogP contribution in [-0.4, -0.2) is 23.9 Å². The minimum absolute atomic E-state index is 0. The summed E-state index contributed by atoms with van der Waals surface area (Å²) >= 11 is 0. The average molecular weight is 746 g/mol. The van der Waals surface area contributed by atoms with Gasteiger partial charge in [-0.1, -0.05) is 107 Å². The van der Waals surface area contributed by atoms with E-state index in [-0.39, 0.29) is 20.4 Å². The second kappa shape index (κ2) is 11.5. The van der Waals surface area contributed by atoms with Crippen LogP contribution < -0.4 is 4.74 Å². The molecule has 0 radical (unpaired) electrons. The summed E-state index contributed by atoms with van der Waals surface area (Å²) in [5.41, 5.74) is 11.1. The van der Waals surface area contributed by atoms with Crippen molar-refractivity contribution in [2.75, 3.05) is 0 Å². The molecule has 0 saturated carbocycles. The van der Waals surface area contributed by atoms with Gasteiger partial charge >= 0.3 is 20.4 Å². The third kappa shape index (κ3) is 4.42. The van der Waals surface area contributed by atoms with E-state index in [1.165, 1.54) is 22.0 Å². The molecule has 5 aromatic carbocycles. The number of ether oxygens (including phenoxy) is 1. The molecule has 0 amide bonds. The number of benzene rings is 5. The van der Waals surface area contributed by atoms with Gasteiger partial charge in [-0.25, -0.2) is 9.97 Å². The smallest absolute Gasteiger partial charge is 0.503 e. The maximum Gasteiger partial charge on any atom is 2.00 e. The number of para-hydroxylation sites is 1. The number of rotatable bonds is 4. The molecule has 0 N–H and O–H groups in total. The van der Waals surface area contributed by atoms with Crippen LogP contribution in [0.1, 0.15) is 11.1 Å². The number of pyridine rings is 3. The summed E-state index contributed by atoms with van der Waals surface area (Å²) in [5.74, 6) is 1.20. The molecule has 0 aliphatic carbocycles. The Labute approximate surface area is 306 Å². The molecule has 0 atom stereocenters. The molecule has 242 valence electrons. The fourth-order valence-electron chi connectivity index (χ4n) is 7.72. The Hall–Kier alpha value is -6.13. The van der Waals surface area contributed by atoms with Crippen LogP contribution in [0.25, 0.3) is 77.6 Å². The van der Waals surface area contributed by atoms with Gasteiger partial charge in [-0.05, 0) is 35.6 Å². The molecule has 5 aromatic heterocycles. The average Bonchev–Trinajstić information content (AvgIpc) is 3.75. The Kier molecular flexibility index (Phi) is 6.69. The molecular weight excluding hydrogens is 721 g/mol. The minimum atomic E-state index is 0. The van der Waals surface area contributed by atoms with Gasteiger partial charge in [-0.15, -0.1) is 29.8 Å². The Morgan fingerprint density at radius 3 is 2.04 bits per heavy atom. The van der Waals surface area contributed by atoms with Gasteiger partial charge < -0.3 is 13.7 Å². The zero-order chi connectivity index (χ0) is 32.8. The summed E-state index contributed by atoms with van der Waals surface area (Å²) in [7, 11) is 0. The topological polar surface area (TPSA) is 57.2 Å². The van der Waals surface area contributed by atoms with E-state index in [4.69, 9.17) is 19.7 Å². The van der Waals surface area contributed by atoms with Crippen LogP contribution >= 0.6 is 0 Å². The zero-order valence-electron chi connectivity index (χ0n) is 26.9. The van der Waals surface area contributed by atoms with Gasteiger partial charge in [0.05, 0.1) is 22.6 Å². The number of nitrogens with zero attached hydrogens (tertiary/aromatic N) is 5. The first-order chi connectivity index (χ1) is 24.8. The molecule has 1 aliphatic rings. The van der Waals surface area contributed by atoms with Gasteiger partial charge in [-0.2, -0.15) is 6.07 Å². The summed E-state index contributed by atoms with van der Waals surface area (Å²) in [6.45, 7) is 0.